The summed E-state index contributed by atoms with van der Waals surface area (Å²) in [4.78, 5) is 0. The van der Waals surface area contributed by atoms with Crippen molar-refractivity contribution in [2.75, 3.05) is 13.2 Å². The van der Waals surface area contributed by atoms with Crippen molar-refractivity contribution in [2.24, 2.45) is 0 Å². The van der Waals surface area contributed by atoms with Gasteiger partial charge in [-0.25, -0.2) is 0 Å². The lowest BCUT2D eigenvalue weighted by molar-refractivity contribution is 0.327. The number of hydrogen-bond donors (Lipinski definition) is 0. The van der Waals surface area contributed by atoms with Gasteiger partial charge in [-0.05, 0) is 51.7 Å². The molecule has 0 unspecified atom stereocenters. The van der Waals surface area contributed by atoms with Crippen LogP contribution in [-0.2, 0) is 0 Å². The van der Waals surface area contributed by atoms with Crippen molar-refractivity contribution in [3.63, 3.8) is 0 Å². The standard InChI is InChI=1S/C28H34O2/c1-5-7-9-11-17-29-27-23-15-13-22(4)20-26(23)28(30-18-12-10-8-6-2)24-16-14-21(3)19-25(24)27/h7-10,13-16,19-20H,5-6,11-12,17-18H2,1-4H3/b9-7+,10-8+. The summed E-state index contributed by atoms with van der Waals surface area (Å²) < 4.78 is 12.7. The van der Waals surface area contributed by atoms with E-state index in [2.05, 4.69) is 88.4 Å². The third-order valence-electron chi connectivity index (χ3n) is 5.20. The molecule has 158 valence electrons. The second-order valence-electron chi connectivity index (χ2n) is 7.79. The van der Waals surface area contributed by atoms with E-state index in [1.54, 1.807) is 0 Å². The van der Waals surface area contributed by atoms with Crippen LogP contribution in [0.1, 0.15) is 50.7 Å². The lowest BCUT2D eigenvalue weighted by atomic mass is 9.98. The zero-order valence-electron chi connectivity index (χ0n) is 18.8. The van der Waals surface area contributed by atoms with Crippen molar-refractivity contribution in [3.05, 3.63) is 71.8 Å². The number of allylic oxidation sites excluding steroid dienone is 2. The van der Waals surface area contributed by atoms with Gasteiger partial charge in [0, 0.05) is 21.5 Å². The molecule has 2 heteroatoms. The fraction of sp³-hybridized carbons (Fsp3) is 0.357. The first-order chi connectivity index (χ1) is 14.7. The Bertz CT molecular complexity index is 958. The minimum Gasteiger partial charge on any atom is -0.492 e. The normalized spacial score (nSPS) is 11.9. The number of ether oxygens (including phenoxy) is 2. The largest absolute Gasteiger partial charge is 0.492 e. The average molecular weight is 403 g/mol. The highest BCUT2D eigenvalue weighted by Crippen LogP contribution is 2.43. The second kappa shape index (κ2) is 10.9. The quantitative estimate of drug-likeness (QED) is 0.194. The van der Waals surface area contributed by atoms with Crippen LogP contribution in [0, 0.1) is 13.8 Å². The lowest BCUT2D eigenvalue weighted by Crippen LogP contribution is -2.02. The first-order valence-electron chi connectivity index (χ1n) is 11.2. The molecule has 0 aliphatic carbocycles. The molecule has 0 aliphatic heterocycles. The van der Waals surface area contributed by atoms with Crippen LogP contribution < -0.4 is 9.47 Å². The van der Waals surface area contributed by atoms with Gasteiger partial charge < -0.3 is 9.47 Å². The average Bonchev–Trinajstić information content (AvgIpc) is 2.74. The van der Waals surface area contributed by atoms with E-state index in [4.69, 9.17) is 9.47 Å². The van der Waals surface area contributed by atoms with Gasteiger partial charge >= 0.3 is 0 Å². The third-order valence-corrected chi connectivity index (χ3v) is 5.20. The van der Waals surface area contributed by atoms with E-state index in [1.165, 1.54) is 11.1 Å². The molecule has 0 spiro atoms. The molecule has 3 rings (SSSR count). The Morgan fingerprint density at radius 3 is 1.43 bits per heavy atom. The molecule has 0 heterocycles. The van der Waals surface area contributed by atoms with Gasteiger partial charge in [-0.15, -0.1) is 0 Å². The predicted octanol–water partition coefficient (Wildman–Crippen LogP) is 8.08. The first-order valence-corrected chi connectivity index (χ1v) is 11.2. The van der Waals surface area contributed by atoms with Gasteiger partial charge in [-0.3, -0.25) is 0 Å². The van der Waals surface area contributed by atoms with Gasteiger partial charge in [-0.1, -0.05) is 73.5 Å². The van der Waals surface area contributed by atoms with Crippen molar-refractivity contribution >= 4 is 21.5 Å². The molecule has 0 atom stereocenters. The summed E-state index contributed by atoms with van der Waals surface area (Å²) >= 11 is 0. The second-order valence-corrected chi connectivity index (χ2v) is 7.79. The Kier molecular flexibility index (Phi) is 7.96. The molecule has 0 aromatic heterocycles. The van der Waals surface area contributed by atoms with Crippen LogP contribution in [0.15, 0.2) is 60.7 Å². The van der Waals surface area contributed by atoms with Crippen LogP contribution >= 0.6 is 0 Å². The van der Waals surface area contributed by atoms with Gasteiger partial charge in [0.25, 0.3) is 0 Å². The first kappa shape index (κ1) is 22.0. The molecule has 30 heavy (non-hydrogen) atoms. The van der Waals surface area contributed by atoms with Crippen LogP contribution in [-0.4, -0.2) is 13.2 Å². The SMILES string of the molecule is CC/C=C/CCOc1c2ccc(C)cc2c(OCC/C=C/CC)c2ccc(C)cc12. The fourth-order valence-corrected chi connectivity index (χ4v) is 3.72. The number of benzene rings is 3. The molecule has 0 radical (unpaired) electrons. The van der Waals surface area contributed by atoms with E-state index < -0.39 is 0 Å². The molecule has 0 saturated heterocycles. The summed E-state index contributed by atoms with van der Waals surface area (Å²) in [5.41, 5.74) is 2.45. The van der Waals surface area contributed by atoms with Gasteiger partial charge in [0.2, 0.25) is 0 Å². The number of aryl methyl sites for hydroxylation is 2. The van der Waals surface area contributed by atoms with Crippen LogP contribution in [0.2, 0.25) is 0 Å². The fourth-order valence-electron chi connectivity index (χ4n) is 3.72. The highest BCUT2D eigenvalue weighted by molar-refractivity contribution is 6.11. The van der Waals surface area contributed by atoms with E-state index in [0.717, 1.165) is 58.7 Å². The van der Waals surface area contributed by atoms with Crippen molar-refractivity contribution in [1.82, 2.24) is 0 Å². The van der Waals surface area contributed by atoms with Gasteiger partial charge in [0.1, 0.15) is 11.5 Å². The van der Waals surface area contributed by atoms with E-state index in [9.17, 15) is 0 Å². The van der Waals surface area contributed by atoms with Crippen molar-refractivity contribution < 1.29 is 9.47 Å². The maximum absolute atomic E-state index is 6.37. The van der Waals surface area contributed by atoms with Crippen LogP contribution in [0.3, 0.4) is 0 Å². The molecule has 3 aromatic carbocycles. The van der Waals surface area contributed by atoms with Crippen LogP contribution in [0.5, 0.6) is 11.5 Å². The van der Waals surface area contributed by atoms with Gasteiger partial charge in [0.05, 0.1) is 13.2 Å². The topological polar surface area (TPSA) is 18.5 Å². The van der Waals surface area contributed by atoms with E-state index in [1.807, 2.05) is 0 Å². The lowest BCUT2D eigenvalue weighted by Gasteiger charge is -2.18. The van der Waals surface area contributed by atoms with E-state index in [0.29, 0.717) is 13.2 Å². The molecule has 0 N–H and O–H groups in total. The van der Waals surface area contributed by atoms with Crippen molar-refractivity contribution in [1.29, 1.82) is 0 Å². The smallest absolute Gasteiger partial charge is 0.135 e. The van der Waals surface area contributed by atoms with E-state index >= 15 is 0 Å². The Morgan fingerprint density at radius 1 is 0.600 bits per heavy atom. The molecule has 0 bridgehead atoms. The molecule has 0 saturated carbocycles. The van der Waals surface area contributed by atoms with Crippen molar-refractivity contribution in [2.45, 2.75) is 53.4 Å². The highest BCUT2D eigenvalue weighted by atomic mass is 16.5. The summed E-state index contributed by atoms with van der Waals surface area (Å²) in [6, 6.07) is 13.1. The number of hydrogen-bond acceptors (Lipinski definition) is 2. The Hall–Kier alpha value is -2.74. The maximum atomic E-state index is 6.37. The summed E-state index contributed by atoms with van der Waals surface area (Å²) in [5.74, 6) is 1.93. The molecule has 0 amide bonds. The minimum absolute atomic E-state index is 0.671. The monoisotopic (exact) mass is 402 g/mol. The van der Waals surface area contributed by atoms with Crippen LogP contribution in [0.25, 0.3) is 21.5 Å². The molecule has 0 aliphatic rings. The molecule has 2 nitrogen and oxygen atoms in total. The highest BCUT2D eigenvalue weighted by Gasteiger charge is 2.16. The third kappa shape index (κ3) is 5.24. The zero-order chi connectivity index (χ0) is 21.3. The Labute approximate surface area is 181 Å². The maximum Gasteiger partial charge on any atom is 0.135 e. The summed E-state index contributed by atoms with van der Waals surface area (Å²) in [7, 11) is 0. The Balaban J connectivity index is 2.08. The van der Waals surface area contributed by atoms with Gasteiger partial charge in [0.15, 0.2) is 0 Å². The van der Waals surface area contributed by atoms with Gasteiger partial charge in [-0.2, -0.15) is 0 Å². The molecule has 0 fully saturated rings. The number of rotatable bonds is 10. The molecular weight excluding hydrogens is 368 g/mol. The number of fused-ring (bicyclic) bond motifs is 2. The summed E-state index contributed by atoms with van der Waals surface area (Å²) in [5, 5.41) is 4.50. The Morgan fingerprint density at radius 2 is 1.03 bits per heavy atom. The van der Waals surface area contributed by atoms with E-state index in [-0.39, 0.29) is 0 Å². The predicted molar refractivity (Wildman–Crippen MR) is 130 cm³/mol. The van der Waals surface area contributed by atoms with Crippen molar-refractivity contribution in [3.8, 4) is 11.5 Å². The summed E-state index contributed by atoms with van der Waals surface area (Å²) in [6.07, 6.45) is 12.7. The molecular formula is C28H34O2. The van der Waals surface area contributed by atoms with Crippen LogP contribution in [0.4, 0.5) is 0 Å². The summed E-state index contributed by atoms with van der Waals surface area (Å²) in [6.45, 7) is 9.90. The minimum atomic E-state index is 0.671. The molecule has 3 aromatic rings. The zero-order valence-corrected chi connectivity index (χ0v) is 18.8.